The van der Waals surface area contributed by atoms with Crippen molar-refractivity contribution in [2.45, 2.75) is 145 Å². The lowest BCUT2D eigenvalue weighted by atomic mass is 9.33. The Morgan fingerprint density at radius 2 is 1.52 bits per heavy atom. The minimum atomic E-state index is -0.487. The lowest BCUT2D eigenvalue weighted by Crippen LogP contribution is -2.66. The smallest absolute Gasteiger partial charge is 0.311 e. The van der Waals surface area contributed by atoms with Crippen LogP contribution in [0.3, 0.4) is 0 Å². The Kier molecular flexibility index (Phi) is 7.95. The molecule has 1 aromatic rings. The molecule has 1 unspecified atom stereocenters. The molecule has 0 N–H and O–H groups in total. The molecular weight excluding hydrogens is 568 g/mol. The third-order valence-electron chi connectivity index (χ3n) is 15.5. The van der Waals surface area contributed by atoms with Crippen LogP contribution in [-0.2, 0) is 31.1 Å². The molecule has 5 aliphatic carbocycles. The molecule has 4 saturated carbocycles. The summed E-state index contributed by atoms with van der Waals surface area (Å²) in [6.07, 6.45) is 11.5. The van der Waals surface area contributed by atoms with Crippen molar-refractivity contribution in [3.05, 3.63) is 47.0 Å². The number of esters is 1. The van der Waals surface area contributed by atoms with Gasteiger partial charge in [0.25, 0.3) is 0 Å². The molecule has 4 heteroatoms. The number of ether oxygens (including phenoxy) is 2. The van der Waals surface area contributed by atoms with Gasteiger partial charge in [-0.3, -0.25) is 9.59 Å². The Labute approximate surface area is 279 Å². The first-order valence-corrected chi connectivity index (χ1v) is 18.3. The van der Waals surface area contributed by atoms with E-state index < -0.39 is 5.41 Å². The zero-order valence-electron chi connectivity index (χ0n) is 30.9. The Morgan fingerprint density at radius 3 is 2.15 bits per heavy atom. The maximum absolute atomic E-state index is 14.7. The van der Waals surface area contributed by atoms with Gasteiger partial charge in [0, 0.05) is 5.92 Å². The molecule has 0 bridgehead atoms. The first kappa shape index (κ1) is 33.9. The first-order valence-electron chi connectivity index (χ1n) is 18.3. The predicted octanol–water partition coefficient (Wildman–Crippen LogP) is 10.0. The zero-order valence-corrected chi connectivity index (χ0v) is 30.9. The van der Waals surface area contributed by atoms with Gasteiger partial charge in [0.1, 0.15) is 0 Å². The van der Waals surface area contributed by atoms with Crippen molar-refractivity contribution < 1.29 is 19.1 Å². The van der Waals surface area contributed by atoms with E-state index in [1.165, 1.54) is 23.8 Å². The van der Waals surface area contributed by atoms with E-state index in [1.807, 2.05) is 0 Å². The van der Waals surface area contributed by atoms with Crippen molar-refractivity contribution in [3.63, 3.8) is 0 Å². The molecular formula is C42H62O4. The summed E-state index contributed by atoms with van der Waals surface area (Å²) in [5, 5.41) is 0. The molecule has 0 saturated heterocycles. The van der Waals surface area contributed by atoms with E-state index in [0.29, 0.717) is 18.3 Å². The van der Waals surface area contributed by atoms with E-state index in [0.717, 1.165) is 57.8 Å². The minimum absolute atomic E-state index is 0.0117. The summed E-state index contributed by atoms with van der Waals surface area (Å²) in [6.45, 7) is 24.2. The molecule has 5 aliphatic rings. The van der Waals surface area contributed by atoms with E-state index in [9.17, 15) is 9.59 Å². The van der Waals surface area contributed by atoms with Gasteiger partial charge in [0.15, 0.2) is 5.78 Å². The van der Waals surface area contributed by atoms with Gasteiger partial charge in [0.05, 0.1) is 25.2 Å². The average Bonchev–Trinajstić information content (AvgIpc) is 2.97. The van der Waals surface area contributed by atoms with Crippen LogP contribution in [0.5, 0.6) is 0 Å². The third-order valence-corrected chi connectivity index (χ3v) is 15.5. The summed E-state index contributed by atoms with van der Waals surface area (Å²) in [7, 11) is 1.52. The number of allylic oxidation sites excluding steroid dienone is 2. The Morgan fingerprint density at radius 1 is 0.870 bits per heavy atom. The van der Waals surface area contributed by atoms with Crippen molar-refractivity contribution in [2.24, 2.45) is 50.2 Å². The van der Waals surface area contributed by atoms with Crippen LogP contribution in [0.4, 0.5) is 0 Å². The van der Waals surface area contributed by atoms with Gasteiger partial charge in [-0.05, 0) is 126 Å². The van der Waals surface area contributed by atoms with Crippen molar-refractivity contribution >= 4 is 11.8 Å². The minimum Gasteiger partial charge on any atom is -0.469 e. The zero-order chi connectivity index (χ0) is 33.7. The lowest BCUT2D eigenvalue weighted by molar-refractivity contribution is -0.211. The highest BCUT2D eigenvalue weighted by Crippen LogP contribution is 2.75. The van der Waals surface area contributed by atoms with Crippen molar-refractivity contribution in [1.82, 2.24) is 0 Å². The Bertz CT molecular complexity index is 1410. The van der Waals surface area contributed by atoms with Crippen LogP contribution in [0.15, 0.2) is 35.9 Å². The molecule has 6 rings (SSSR count). The maximum atomic E-state index is 14.7. The van der Waals surface area contributed by atoms with Crippen molar-refractivity contribution in [1.29, 1.82) is 0 Å². The molecule has 0 spiro atoms. The highest BCUT2D eigenvalue weighted by atomic mass is 16.5. The van der Waals surface area contributed by atoms with Crippen LogP contribution in [0, 0.1) is 50.2 Å². The highest BCUT2D eigenvalue weighted by molar-refractivity contribution is 5.95. The largest absolute Gasteiger partial charge is 0.469 e. The molecule has 1 aromatic carbocycles. The fraction of sp³-hybridized carbons (Fsp3) is 0.762. The number of benzene rings is 1. The summed E-state index contributed by atoms with van der Waals surface area (Å²) in [5.41, 5.74) is 3.49. The number of carbonyl (C=O) groups is 2. The molecule has 0 heterocycles. The summed E-state index contributed by atoms with van der Waals surface area (Å²) in [6, 6.07) is 8.95. The van der Waals surface area contributed by atoms with Crippen LogP contribution >= 0.6 is 0 Å². The Balaban J connectivity index is 1.28. The quantitative estimate of drug-likeness (QED) is 0.311. The van der Waals surface area contributed by atoms with Crippen molar-refractivity contribution in [2.75, 3.05) is 7.11 Å². The fourth-order valence-corrected chi connectivity index (χ4v) is 12.2. The van der Waals surface area contributed by atoms with Gasteiger partial charge in [-0.1, -0.05) is 92.2 Å². The Hall–Kier alpha value is -1.94. The van der Waals surface area contributed by atoms with Gasteiger partial charge < -0.3 is 9.47 Å². The summed E-state index contributed by atoms with van der Waals surface area (Å²) in [5.74, 6) is 0.941. The van der Waals surface area contributed by atoms with E-state index in [-0.39, 0.29) is 56.4 Å². The van der Waals surface area contributed by atoms with E-state index in [4.69, 9.17) is 9.47 Å². The number of fused-ring (bicyclic) bond motifs is 7. The monoisotopic (exact) mass is 630 g/mol. The van der Waals surface area contributed by atoms with E-state index in [1.54, 1.807) is 0 Å². The van der Waals surface area contributed by atoms with Gasteiger partial charge in [-0.2, -0.15) is 0 Å². The summed E-state index contributed by atoms with van der Waals surface area (Å²) >= 11 is 0. The molecule has 254 valence electrons. The van der Waals surface area contributed by atoms with Crippen LogP contribution in [0.2, 0.25) is 0 Å². The molecule has 0 aliphatic heterocycles. The molecule has 0 radical (unpaired) electrons. The SMILES string of the molecule is COC(=O)[C@@]1(C)CC[C@]2(C)CC[C@]3(C)C(=CC(=O)[C@@H]4[C@@]5(C)CC[C@H](OCc6ccc(C(C)(C)C)cc6)C(C)(C)C5CC[C@]43C)[C@@H]2C1. The number of methoxy groups -OCH3 is 1. The van der Waals surface area contributed by atoms with Crippen LogP contribution in [0.1, 0.15) is 138 Å². The second-order valence-corrected chi connectivity index (χ2v) is 19.4. The van der Waals surface area contributed by atoms with Crippen LogP contribution < -0.4 is 0 Å². The fourth-order valence-electron chi connectivity index (χ4n) is 12.2. The maximum Gasteiger partial charge on any atom is 0.311 e. The number of ketones is 1. The van der Waals surface area contributed by atoms with Gasteiger partial charge in [-0.15, -0.1) is 0 Å². The molecule has 0 amide bonds. The van der Waals surface area contributed by atoms with Gasteiger partial charge >= 0.3 is 5.97 Å². The predicted molar refractivity (Wildman–Crippen MR) is 185 cm³/mol. The molecule has 4 nitrogen and oxygen atoms in total. The van der Waals surface area contributed by atoms with Crippen LogP contribution in [-0.4, -0.2) is 25.0 Å². The number of carbonyl (C=O) groups excluding carboxylic acids is 2. The number of rotatable bonds is 4. The van der Waals surface area contributed by atoms with Gasteiger partial charge in [0.2, 0.25) is 0 Å². The van der Waals surface area contributed by atoms with Crippen LogP contribution in [0.25, 0.3) is 0 Å². The first-order chi connectivity index (χ1) is 21.3. The molecule has 4 fully saturated rings. The third kappa shape index (κ3) is 4.84. The molecule has 9 atom stereocenters. The topological polar surface area (TPSA) is 52.6 Å². The summed E-state index contributed by atoms with van der Waals surface area (Å²) in [4.78, 5) is 27.7. The number of hydrogen-bond donors (Lipinski definition) is 0. The average molecular weight is 631 g/mol. The second kappa shape index (κ2) is 10.8. The van der Waals surface area contributed by atoms with Crippen molar-refractivity contribution in [3.8, 4) is 0 Å². The second-order valence-electron chi connectivity index (χ2n) is 19.4. The molecule has 46 heavy (non-hydrogen) atoms. The van der Waals surface area contributed by atoms with Gasteiger partial charge in [-0.25, -0.2) is 0 Å². The standard InChI is InChI=1S/C42H62O4/c1-36(2,3)28-14-12-27(13-15-28)26-46-33-17-18-40(8)32(37(33,4)5)16-19-42(10)34(40)31(43)24-29-30-25-39(7,35(44)45-11)21-20-38(30,6)22-23-41(29,42)9/h12-15,24,30,32-34H,16-23,25-26H2,1-11H3/t30-,32?,33-,34+,38+,39-,40-,41+,42+/m0/s1. The van der Waals surface area contributed by atoms with E-state index >= 15 is 0 Å². The lowest BCUT2D eigenvalue weighted by Gasteiger charge is -2.70. The highest BCUT2D eigenvalue weighted by Gasteiger charge is 2.70. The molecule has 0 aromatic heterocycles. The normalized spacial score (nSPS) is 43.4. The summed E-state index contributed by atoms with van der Waals surface area (Å²) < 4.78 is 12.1. The van der Waals surface area contributed by atoms with E-state index in [2.05, 4.69) is 99.6 Å². The number of hydrogen-bond acceptors (Lipinski definition) is 4.